The van der Waals surface area contributed by atoms with Gasteiger partial charge in [-0.05, 0) is 32.4 Å². The lowest BCUT2D eigenvalue weighted by Gasteiger charge is -2.21. The summed E-state index contributed by atoms with van der Waals surface area (Å²) in [6.45, 7) is 6.84. The Bertz CT molecular complexity index is 632. The summed E-state index contributed by atoms with van der Waals surface area (Å²) in [5, 5.41) is 5.41. The Labute approximate surface area is 141 Å². The maximum absolute atomic E-state index is 12.2. The molecule has 0 spiro atoms. The molecule has 1 aromatic rings. The quantitative estimate of drug-likeness (QED) is 0.807. The van der Waals surface area contributed by atoms with Gasteiger partial charge in [0.25, 0.3) is 0 Å². The first kappa shape index (κ1) is 16.6. The monoisotopic (exact) mass is 333 g/mol. The average molecular weight is 333 g/mol. The van der Waals surface area contributed by atoms with Gasteiger partial charge < -0.3 is 20.1 Å². The van der Waals surface area contributed by atoms with E-state index >= 15 is 0 Å². The lowest BCUT2D eigenvalue weighted by molar-refractivity contribution is -0.136. The number of anilines is 1. The van der Waals surface area contributed by atoms with E-state index < -0.39 is 11.8 Å². The van der Waals surface area contributed by atoms with Crippen molar-refractivity contribution in [1.82, 2.24) is 10.2 Å². The number of hydrogen-bond acceptors (Lipinski definition) is 5. The Morgan fingerprint density at radius 2 is 2.00 bits per heavy atom. The largest absolute Gasteiger partial charge is 0.486 e. The van der Waals surface area contributed by atoms with Crippen LogP contribution in [0.1, 0.15) is 20.3 Å². The van der Waals surface area contributed by atoms with E-state index in [9.17, 15) is 9.59 Å². The molecule has 0 aromatic heterocycles. The van der Waals surface area contributed by atoms with Gasteiger partial charge in [-0.2, -0.15) is 0 Å². The number of carbonyl (C=O) groups excluding carboxylic acids is 2. The summed E-state index contributed by atoms with van der Waals surface area (Å²) >= 11 is 0. The molecule has 2 amide bonds. The summed E-state index contributed by atoms with van der Waals surface area (Å²) in [7, 11) is 0. The van der Waals surface area contributed by atoms with Crippen LogP contribution in [0.4, 0.5) is 5.69 Å². The zero-order chi connectivity index (χ0) is 17.1. The Morgan fingerprint density at radius 1 is 1.21 bits per heavy atom. The lowest BCUT2D eigenvalue weighted by atomic mass is 10.2. The van der Waals surface area contributed by atoms with Crippen molar-refractivity contribution < 1.29 is 19.1 Å². The van der Waals surface area contributed by atoms with Crippen molar-refractivity contribution in [3.05, 3.63) is 18.2 Å². The fourth-order valence-corrected chi connectivity index (χ4v) is 2.98. The zero-order valence-corrected chi connectivity index (χ0v) is 14.0. The zero-order valence-electron chi connectivity index (χ0n) is 14.0. The standard InChI is InChI=1S/C17H23N3O4/c1-11(2)20-7-6-12(10-20)18-16(21)17(22)19-13-4-3-5-14-15(13)24-9-8-23-14/h3-5,11-12H,6-10H2,1-2H3,(H,18,21)(H,19,22)/t12-/m1/s1. The molecule has 0 radical (unpaired) electrons. The highest BCUT2D eigenvalue weighted by Gasteiger charge is 2.28. The van der Waals surface area contributed by atoms with Gasteiger partial charge in [-0.25, -0.2) is 0 Å². The number of fused-ring (bicyclic) bond motifs is 1. The van der Waals surface area contributed by atoms with Gasteiger partial charge in [-0.3, -0.25) is 14.5 Å². The first-order valence-electron chi connectivity index (χ1n) is 8.29. The molecule has 0 bridgehead atoms. The maximum Gasteiger partial charge on any atom is 0.313 e. The van der Waals surface area contributed by atoms with Crippen molar-refractivity contribution in [3.8, 4) is 11.5 Å². The molecule has 1 fully saturated rings. The number of ether oxygens (including phenoxy) is 2. The third kappa shape index (κ3) is 3.62. The second-order valence-electron chi connectivity index (χ2n) is 6.33. The molecule has 2 aliphatic rings. The van der Waals surface area contributed by atoms with Gasteiger partial charge in [0.05, 0.1) is 5.69 Å². The summed E-state index contributed by atoms with van der Waals surface area (Å²) in [4.78, 5) is 26.6. The predicted octanol–water partition coefficient (Wildman–Crippen LogP) is 0.995. The number of nitrogens with one attached hydrogen (secondary N) is 2. The first-order chi connectivity index (χ1) is 11.5. The normalized spacial score (nSPS) is 20.0. The van der Waals surface area contributed by atoms with Crippen LogP contribution in [0.3, 0.4) is 0 Å². The van der Waals surface area contributed by atoms with Gasteiger partial charge in [0.2, 0.25) is 0 Å². The molecule has 0 unspecified atom stereocenters. The molecular formula is C17H23N3O4. The summed E-state index contributed by atoms with van der Waals surface area (Å²) in [6, 6.07) is 5.65. The van der Waals surface area contributed by atoms with Crippen LogP contribution in [0.5, 0.6) is 11.5 Å². The molecule has 24 heavy (non-hydrogen) atoms. The van der Waals surface area contributed by atoms with Gasteiger partial charge >= 0.3 is 11.8 Å². The molecule has 130 valence electrons. The Balaban J connectivity index is 1.58. The number of rotatable bonds is 3. The van der Waals surface area contributed by atoms with E-state index in [0.717, 1.165) is 19.5 Å². The highest BCUT2D eigenvalue weighted by atomic mass is 16.6. The smallest absolute Gasteiger partial charge is 0.313 e. The lowest BCUT2D eigenvalue weighted by Crippen LogP contribution is -2.43. The van der Waals surface area contributed by atoms with E-state index in [1.165, 1.54) is 0 Å². The van der Waals surface area contributed by atoms with Crippen LogP contribution < -0.4 is 20.1 Å². The van der Waals surface area contributed by atoms with Gasteiger partial charge in [0, 0.05) is 25.2 Å². The number of amides is 2. The van der Waals surface area contributed by atoms with Crippen molar-refractivity contribution in [2.75, 3.05) is 31.6 Å². The van der Waals surface area contributed by atoms with E-state index in [4.69, 9.17) is 9.47 Å². The number of hydrogen-bond donors (Lipinski definition) is 2. The SMILES string of the molecule is CC(C)N1CC[C@@H](NC(=O)C(=O)Nc2cccc3c2OCCO3)C1. The molecular weight excluding hydrogens is 310 g/mol. The average Bonchev–Trinajstić information content (AvgIpc) is 3.04. The van der Waals surface area contributed by atoms with Crippen LogP contribution in [0.25, 0.3) is 0 Å². The Kier molecular flexibility index (Phi) is 4.89. The number of carbonyl (C=O) groups is 2. The minimum absolute atomic E-state index is 0.00919. The molecule has 0 aliphatic carbocycles. The van der Waals surface area contributed by atoms with Crippen molar-refractivity contribution in [2.45, 2.75) is 32.4 Å². The molecule has 1 saturated heterocycles. The number of benzene rings is 1. The topological polar surface area (TPSA) is 79.9 Å². The fraction of sp³-hybridized carbons (Fsp3) is 0.529. The van der Waals surface area contributed by atoms with Gasteiger partial charge in [0.1, 0.15) is 13.2 Å². The highest BCUT2D eigenvalue weighted by molar-refractivity contribution is 6.39. The van der Waals surface area contributed by atoms with Crippen molar-refractivity contribution >= 4 is 17.5 Å². The van der Waals surface area contributed by atoms with Crippen molar-refractivity contribution in [3.63, 3.8) is 0 Å². The second-order valence-corrected chi connectivity index (χ2v) is 6.33. The third-order valence-corrected chi connectivity index (χ3v) is 4.31. The molecule has 2 N–H and O–H groups in total. The predicted molar refractivity (Wildman–Crippen MR) is 89.3 cm³/mol. The van der Waals surface area contributed by atoms with Crippen LogP contribution >= 0.6 is 0 Å². The molecule has 2 aliphatic heterocycles. The molecule has 7 heteroatoms. The van der Waals surface area contributed by atoms with Crippen LogP contribution in [0, 0.1) is 0 Å². The number of likely N-dealkylation sites (tertiary alicyclic amines) is 1. The fourth-order valence-electron chi connectivity index (χ4n) is 2.98. The van der Waals surface area contributed by atoms with E-state index in [1.54, 1.807) is 18.2 Å². The van der Waals surface area contributed by atoms with Crippen LogP contribution in [0.15, 0.2) is 18.2 Å². The number of para-hydroxylation sites is 1. The summed E-state index contributed by atoms with van der Waals surface area (Å²) < 4.78 is 11.0. The molecule has 0 saturated carbocycles. The van der Waals surface area contributed by atoms with E-state index in [1.807, 2.05) is 0 Å². The van der Waals surface area contributed by atoms with Crippen LogP contribution in [-0.2, 0) is 9.59 Å². The first-order valence-corrected chi connectivity index (χ1v) is 8.29. The minimum Gasteiger partial charge on any atom is -0.486 e. The van der Waals surface area contributed by atoms with Gasteiger partial charge in [-0.15, -0.1) is 0 Å². The molecule has 1 aromatic carbocycles. The molecule has 1 atom stereocenters. The van der Waals surface area contributed by atoms with Crippen molar-refractivity contribution in [1.29, 1.82) is 0 Å². The van der Waals surface area contributed by atoms with E-state index in [-0.39, 0.29) is 6.04 Å². The van der Waals surface area contributed by atoms with E-state index in [0.29, 0.717) is 36.4 Å². The highest BCUT2D eigenvalue weighted by Crippen LogP contribution is 2.37. The minimum atomic E-state index is -0.694. The van der Waals surface area contributed by atoms with E-state index in [2.05, 4.69) is 29.4 Å². The number of nitrogens with zero attached hydrogens (tertiary/aromatic N) is 1. The van der Waals surface area contributed by atoms with Gasteiger partial charge in [-0.1, -0.05) is 6.07 Å². The molecule has 2 heterocycles. The third-order valence-electron chi connectivity index (χ3n) is 4.31. The molecule has 7 nitrogen and oxygen atoms in total. The van der Waals surface area contributed by atoms with Crippen LogP contribution in [0.2, 0.25) is 0 Å². The van der Waals surface area contributed by atoms with Gasteiger partial charge in [0.15, 0.2) is 11.5 Å². The summed E-state index contributed by atoms with van der Waals surface area (Å²) in [5.41, 5.74) is 0.447. The van der Waals surface area contributed by atoms with Crippen molar-refractivity contribution in [2.24, 2.45) is 0 Å². The molecule has 3 rings (SSSR count). The Morgan fingerprint density at radius 3 is 2.75 bits per heavy atom. The van der Waals surface area contributed by atoms with Crippen LogP contribution in [-0.4, -0.2) is 55.1 Å². The summed E-state index contributed by atoms with van der Waals surface area (Å²) in [5.74, 6) is -0.278. The maximum atomic E-state index is 12.2. The Hall–Kier alpha value is -2.28. The summed E-state index contributed by atoms with van der Waals surface area (Å²) in [6.07, 6.45) is 0.856. The second kappa shape index (κ2) is 7.09.